The average Bonchev–Trinajstić information content (AvgIpc) is 2.55. The van der Waals surface area contributed by atoms with Gasteiger partial charge in [-0.05, 0) is 19.4 Å². The Kier molecular flexibility index (Phi) is 5.46. The van der Waals surface area contributed by atoms with E-state index >= 15 is 0 Å². The van der Waals surface area contributed by atoms with Gasteiger partial charge in [-0.25, -0.2) is 0 Å². The number of alkyl halides is 1. The molecule has 1 aliphatic heterocycles. The highest BCUT2D eigenvalue weighted by molar-refractivity contribution is 6.19. The second-order valence-electron chi connectivity index (χ2n) is 6.35. The lowest BCUT2D eigenvalue weighted by atomic mass is 9.94. The molecule has 4 nitrogen and oxygen atoms in total. The summed E-state index contributed by atoms with van der Waals surface area (Å²) >= 11 is 5.86. The van der Waals surface area contributed by atoms with Crippen LogP contribution in [0.5, 0.6) is 0 Å². The minimum Gasteiger partial charge on any atom is -0.339 e. The number of benzene rings is 1. The Bertz CT molecular complexity index is 523. The maximum absolute atomic E-state index is 12.4. The molecule has 2 rings (SSSR count). The Balaban J connectivity index is 1.87. The summed E-state index contributed by atoms with van der Waals surface area (Å²) in [5.41, 5.74) is 0.479. The fourth-order valence-electron chi connectivity index (χ4n) is 2.53. The number of carbonyl (C=O) groups excluding carboxylic acids is 2. The van der Waals surface area contributed by atoms with Crippen LogP contribution < -0.4 is 0 Å². The summed E-state index contributed by atoms with van der Waals surface area (Å²) in [6, 6.07) is 9.74. The number of rotatable bonds is 4. The number of amides is 2. The van der Waals surface area contributed by atoms with Crippen molar-refractivity contribution >= 4 is 23.4 Å². The first-order chi connectivity index (χ1) is 10.4. The molecule has 1 aromatic carbocycles. The number of halogens is 1. The number of piperazine rings is 1. The molecule has 0 aliphatic carbocycles. The highest BCUT2D eigenvalue weighted by Gasteiger charge is 2.33. The maximum Gasteiger partial charge on any atom is 0.229 e. The topological polar surface area (TPSA) is 40.6 Å². The summed E-state index contributed by atoms with van der Waals surface area (Å²) in [5, 5.41) is 0. The lowest BCUT2D eigenvalue weighted by Crippen LogP contribution is -2.54. The number of hydrogen-bond acceptors (Lipinski definition) is 2. The third kappa shape index (κ3) is 4.01. The van der Waals surface area contributed by atoms with Gasteiger partial charge in [0.15, 0.2) is 0 Å². The molecule has 1 aliphatic rings. The highest BCUT2D eigenvalue weighted by Crippen LogP contribution is 2.21. The van der Waals surface area contributed by atoms with Gasteiger partial charge in [-0.2, -0.15) is 0 Å². The van der Waals surface area contributed by atoms with Gasteiger partial charge in [0.1, 0.15) is 0 Å². The summed E-state index contributed by atoms with van der Waals surface area (Å²) in [6.45, 7) is 6.06. The SMILES string of the molecule is CC(C)(CCl)C(=O)N1CCN(C(=O)Cc2ccccc2)CC1. The van der Waals surface area contributed by atoms with Crippen LogP contribution in [0.2, 0.25) is 0 Å². The van der Waals surface area contributed by atoms with Crippen molar-refractivity contribution in [1.29, 1.82) is 0 Å². The van der Waals surface area contributed by atoms with Crippen LogP contribution in [0.1, 0.15) is 19.4 Å². The van der Waals surface area contributed by atoms with Crippen molar-refractivity contribution in [3.8, 4) is 0 Å². The first kappa shape index (κ1) is 16.8. The molecule has 5 heteroatoms. The standard InChI is InChI=1S/C17H23ClN2O2/c1-17(2,13-18)16(22)20-10-8-19(9-11-20)15(21)12-14-6-4-3-5-7-14/h3-7H,8-13H2,1-2H3. The zero-order valence-corrected chi connectivity index (χ0v) is 14.0. The monoisotopic (exact) mass is 322 g/mol. The molecule has 2 amide bonds. The van der Waals surface area contributed by atoms with E-state index in [1.165, 1.54) is 0 Å². The Morgan fingerprint density at radius 3 is 2.14 bits per heavy atom. The normalized spacial score (nSPS) is 15.8. The molecule has 120 valence electrons. The van der Waals surface area contributed by atoms with Gasteiger partial charge < -0.3 is 9.80 Å². The van der Waals surface area contributed by atoms with Crippen molar-refractivity contribution < 1.29 is 9.59 Å². The van der Waals surface area contributed by atoms with E-state index in [9.17, 15) is 9.59 Å². The van der Waals surface area contributed by atoms with Crippen molar-refractivity contribution in [3.63, 3.8) is 0 Å². The molecule has 0 bridgehead atoms. The molecule has 0 saturated carbocycles. The molecule has 0 aromatic heterocycles. The van der Waals surface area contributed by atoms with Crippen LogP contribution in [-0.4, -0.2) is 53.7 Å². The van der Waals surface area contributed by atoms with Crippen LogP contribution in [0, 0.1) is 5.41 Å². The summed E-state index contributed by atoms with van der Waals surface area (Å²) in [7, 11) is 0. The third-order valence-electron chi connectivity index (χ3n) is 4.03. The first-order valence-corrected chi connectivity index (χ1v) is 8.14. The van der Waals surface area contributed by atoms with Gasteiger partial charge in [0, 0.05) is 32.1 Å². The van der Waals surface area contributed by atoms with Crippen LogP contribution in [0.25, 0.3) is 0 Å². The molecular formula is C17H23ClN2O2. The fourth-order valence-corrected chi connectivity index (χ4v) is 2.64. The lowest BCUT2D eigenvalue weighted by molar-refractivity contribution is -0.144. The Morgan fingerprint density at radius 1 is 1.05 bits per heavy atom. The quantitative estimate of drug-likeness (QED) is 0.797. The number of hydrogen-bond donors (Lipinski definition) is 0. The molecule has 1 saturated heterocycles. The van der Waals surface area contributed by atoms with Gasteiger partial charge in [-0.3, -0.25) is 9.59 Å². The van der Waals surface area contributed by atoms with Gasteiger partial charge in [-0.1, -0.05) is 30.3 Å². The zero-order valence-electron chi connectivity index (χ0n) is 13.2. The Labute approximate surface area is 137 Å². The van der Waals surface area contributed by atoms with E-state index < -0.39 is 5.41 Å². The summed E-state index contributed by atoms with van der Waals surface area (Å²) in [4.78, 5) is 28.3. The van der Waals surface area contributed by atoms with Crippen molar-refractivity contribution in [2.45, 2.75) is 20.3 Å². The molecule has 0 atom stereocenters. The van der Waals surface area contributed by atoms with E-state index in [2.05, 4.69) is 0 Å². The van der Waals surface area contributed by atoms with E-state index in [1.807, 2.05) is 54.0 Å². The summed E-state index contributed by atoms with van der Waals surface area (Å²) in [6.07, 6.45) is 0.419. The molecular weight excluding hydrogens is 300 g/mol. The minimum atomic E-state index is -0.544. The van der Waals surface area contributed by atoms with Crippen molar-refractivity contribution in [3.05, 3.63) is 35.9 Å². The zero-order chi connectivity index (χ0) is 16.2. The second kappa shape index (κ2) is 7.14. The van der Waals surface area contributed by atoms with Gasteiger partial charge in [0.2, 0.25) is 11.8 Å². The molecule has 0 unspecified atom stereocenters. The van der Waals surface area contributed by atoms with E-state index in [1.54, 1.807) is 0 Å². The predicted octanol–water partition coefficient (Wildman–Crippen LogP) is 2.16. The van der Waals surface area contributed by atoms with Crippen LogP contribution in [0.15, 0.2) is 30.3 Å². The second-order valence-corrected chi connectivity index (χ2v) is 6.62. The number of nitrogens with zero attached hydrogens (tertiary/aromatic N) is 2. The molecule has 1 aromatic rings. The molecule has 22 heavy (non-hydrogen) atoms. The van der Waals surface area contributed by atoms with E-state index in [0.717, 1.165) is 5.56 Å². The first-order valence-electron chi connectivity index (χ1n) is 7.61. The van der Waals surface area contributed by atoms with Crippen molar-refractivity contribution in [1.82, 2.24) is 9.80 Å². The maximum atomic E-state index is 12.4. The minimum absolute atomic E-state index is 0.0673. The summed E-state index contributed by atoms with van der Waals surface area (Å²) in [5.74, 6) is 0.492. The largest absolute Gasteiger partial charge is 0.339 e. The van der Waals surface area contributed by atoms with E-state index in [4.69, 9.17) is 11.6 Å². The van der Waals surface area contributed by atoms with Gasteiger partial charge in [-0.15, -0.1) is 11.6 Å². The van der Waals surface area contributed by atoms with Crippen LogP contribution >= 0.6 is 11.6 Å². The molecule has 1 heterocycles. The molecule has 0 N–H and O–H groups in total. The van der Waals surface area contributed by atoms with Gasteiger partial charge >= 0.3 is 0 Å². The smallest absolute Gasteiger partial charge is 0.229 e. The molecule has 0 spiro atoms. The van der Waals surface area contributed by atoms with Crippen molar-refractivity contribution in [2.24, 2.45) is 5.41 Å². The third-order valence-corrected chi connectivity index (χ3v) is 4.70. The Morgan fingerprint density at radius 2 is 1.59 bits per heavy atom. The van der Waals surface area contributed by atoms with Crippen LogP contribution in [-0.2, 0) is 16.0 Å². The molecule has 1 fully saturated rings. The van der Waals surface area contributed by atoms with Gasteiger partial charge in [0.25, 0.3) is 0 Å². The van der Waals surface area contributed by atoms with Crippen molar-refractivity contribution in [2.75, 3.05) is 32.1 Å². The van der Waals surface area contributed by atoms with E-state index in [0.29, 0.717) is 38.5 Å². The summed E-state index contributed by atoms with van der Waals surface area (Å²) < 4.78 is 0. The van der Waals surface area contributed by atoms with E-state index in [-0.39, 0.29) is 11.8 Å². The fraction of sp³-hybridized carbons (Fsp3) is 0.529. The van der Waals surface area contributed by atoms with Crippen LogP contribution in [0.4, 0.5) is 0 Å². The van der Waals surface area contributed by atoms with Gasteiger partial charge in [0.05, 0.1) is 11.8 Å². The number of carbonyl (C=O) groups is 2. The lowest BCUT2D eigenvalue weighted by Gasteiger charge is -2.38. The highest BCUT2D eigenvalue weighted by atomic mass is 35.5. The Hall–Kier alpha value is -1.55. The van der Waals surface area contributed by atoms with Crippen LogP contribution in [0.3, 0.4) is 0 Å². The predicted molar refractivity (Wildman–Crippen MR) is 87.8 cm³/mol. The average molecular weight is 323 g/mol. The molecule has 0 radical (unpaired) electrons.